The third-order valence-corrected chi connectivity index (χ3v) is 1.28. The second kappa shape index (κ2) is 5.17. The van der Waals surface area contributed by atoms with Crippen molar-refractivity contribution in [1.82, 2.24) is 0 Å². The average molecular weight is 171 g/mol. The van der Waals surface area contributed by atoms with Crippen molar-refractivity contribution in [3.05, 3.63) is 5.53 Å². The molecule has 0 radical (unpaired) electrons. The maximum atomic E-state index is 10.2. The summed E-state index contributed by atoms with van der Waals surface area (Å²) in [5.74, 6) is -1.94. The third-order valence-electron chi connectivity index (χ3n) is 1.28. The van der Waals surface area contributed by atoms with E-state index in [0.717, 1.165) is 6.21 Å². The minimum absolute atomic E-state index is 0.0666. The summed E-state index contributed by atoms with van der Waals surface area (Å²) < 4.78 is 0. The van der Waals surface area contributed by atoms with E-state index in [4.69, 9.17) is 16.4 Å². The van der Waals surface area contributed by atoms with Crippen molar-refractivity contribution in [1.29, 1.82) is 0 Å². The number of hydrogen-bond acceptors (Lipinski definition) is 3. The molecule has 0 aromatic heterocycles. The molecule has 0 spiro atoms. The molecule has 0 amide bonds. The van der Waals surface area contributed by atoms with Crippen LogP contribution in [0.25, 0.3) is 5.53 Å². The molecule has 0 bridgehead atoms. The number of aliphatic carboxylic acids is 1. The molecule has 0 aliphatic carbocycles. The van der Waals surface area contributed by atoms with Crippen LogP contribution in [0.1, 0.15) is 6.42 Å². The van der Waals surface area contributed by atoms with E-state index in [0.29, 0.717) is 6.29 Å². The molecule has 0 aliphatic heterocycles. The van der Waals surface area contributed by atoms with Crippen molar-refractivity contribution in [3.63, 3.8) is 0 Å². The van der Waals surface area contributed by atoms with Crippen LogP contribution in [0, 0.1) is 5.92 Å². The highest BCUT2D eigenvalue weighted by Crippen LogP contribution is 1.98. The molecule has 0 heterocycles. The van der Waals surface area contributed by atoms with E-state index in [1.165, 1.54) is 0 Å². The first-order chi connectivity index (χ1) is 5.61. The summed E-state index contributed by atoms with van der Waals surface area (Å²) in [6.07, 6.45) is 1.35. The second-order valence-electron chi connectivity index (χ2n) is 2.24. The number of nitrogens with two attached hydrogens (primary N) is 1. The van der Waals surface area contributed by atoms with Crippen LogP contribution in [0.5, 0.6) is 0 Å². The van der Waals surface area contributed by atoms with Gasteiger partial charge in [0.05, 0.1) is 0 Å². The Kier molecular flexibility index (Phi) is 4.52. The Bertz CT molecular complexity index is 222. The summed E-state index contributed by atoms with van der Waals surface area (Å²) in [7, 11) is 0. The van der Waals surface area contributed by atoms with Crippen molar-refractivity contribution in [2.24, 2.45) is 11.7 Å². The number of carbonyl (C=O) groups is 2. The molecular formula is C6H9N3O3. The van der Waals surface area contributed by atoms with E-state index >= 15 is 0 Å². The van der Waals surface area contributed by atoms with Crippen LogP contribution in [0.4, 0.5) is 0 Å². The molecule has 66 valence electrons. The molecule has 0 aromatic rings. The second-order valence-corrected chi connectivity index (χ2v) is 2.24. The van der Waals surface area contributed by atoms with Crippen molar-refractivity contribution >= 4 is 18.5 Å². The van der Waals surface area contributed by atoms with Crippen LogP contribution in [0.15, 0.2) is 0 Å². The monoisotopic (exact) mass is 171 g/mol. The Balaban J connectivity index is 4.10. The average Bonchev–Trinajstić information content (AvgIpc) is 2.03. The van der Waals surface area contributed by atoms with Crippen LogP contribution in [0.2, 0.25) is 0 Å². The highest BCUT2D eigenvalue weighted by atomic mass is 16.4. The summed E-state index contributed by atoms with van der Waals surface area (Å²) in [6.45, 7) is 0. The van der Waals surface area contributed by atoms with Gasteiger partial charge in [0.25, 0.3) is 6.21 Å². The Hall–Kier alpha value is -1.52. The van der Waals surface area contributed by atoms with Gasteiger partial charge in [-0.1, -0.05) is 0 Å². The molecule has 0 saturated carbocycles. The fourth-order valence-corrected chi connectivity index (χ4v) is 0.631. The lowest BCUT2D eigenvalue weighted by molar-refractivity contribution is -0.138. The molecule has 12 heavy (non-hydrogen) atoms. The maximum Gasteiger partial charge on any atom is 0.320 e. The molecule has 0 fully saturated rings. The fraction of sp³-hybridized carbons (Fsp3) is 0.500. The molecule has 0 aromatic carbocycles. The quantitative estimate of drug-likeness (QED) is 0.236. The van der Waals surface area contributed by atoms with Gasteiger partial charge in [-0.3, -0.25) is 4.79 Å². The minimum Gasteiger partial charge on any atom is -0.480 e. The molecule has 3 N–H and O–H groups in total. The van der Waals surface area contributed by atoms with E-state index in [-0.39, 0.29) is 6.42 Å². The van der Waals surface area contributed by atoms with Gasteiger partial charge >= 0.3 is 5.97 Å². The maximum absolute atomic E-state index is 10.2. The minimum atomic E-state index is -1.19. The zero-order valence-corrected chi connectivity index (χ0v) is 6.25. The molecule has 2 atom stereocenters. The molecule has 0 aliphatic rings. The van der Waals surface area contributed by atoms with Crippen molar-refractivity contribution in [3.8, 4) is 0 Å². The molecule has 0 saturated heterocycles. The fourth-order valence-electron chi connectivity index (χ4n) is 0.631. The third kappa shape index (κ3) is 3.60. The molecule has 6 heteroatoms. The van der Waals surface area contributed by atoms with Crippen LogP contribution < -0.4 is 5.73 Å². The van der Waals surface area contributed by atoms with Gasteiger partial charge in [0.1, 0.15) is 18.2 Å². The summed E-state index contributed by atoms with van der Waals surface area (Å²) in [4.78, 5) is 23.0. The topological polar surface area (TPSA) is 117 Å². The van der Waals surface area contributed by atoms with Gasteiger partial charge in [0.2, 0.25) is 0 Å². The van der Waals surface area contributed by atoms with Crippen LogP contribution in [-0.2, 0) is 9.59 Å². The Morgan fingerprint density at radius 3 is 2.67 bits per heavy atom. The number of carboxylic acid groups (broad SMARTS) is 1. The number of carboxylic acids is 1. The van der Waals surface area contributed by atoms with E-state index in [2.05, 4.69) is 4.79 Å². The lowest BCUT2D eigenvalue weighted by Crippen LogP contribution is -2.33. The Morgan fingerprint density at radius 1 is 1.75 bits per heavy atom. The standard InChI is InChI=1S/C6H9N3O3/c7-5(6(11)12)1-4(3-10)2-9-8/h2-5H,1,7H2,(H,11,12). The number of aldehydes is 1. The van der Waals surface area contributed by atoms with Crippen LogP contribution in [0.3, 0.4) is 0 Å². The summed E-state index contributed by atoms with van der Waals surface area (Å²) in [5.41, 5.74) is 13.2. The van der Waals surface area contributed by atoms with Gasteiger partial charge in [0.15, 0.2) is 0 Å². The Morgan fingerprint density at radius 2 is 2.33 bits per heavy atom. The predicted molar refractivity (Wildman–Crippen MR) is 39.5 cm³/mol. The largest absolute Gasteiger partial charge is 0.480 e. The van der Waals surface area contributed by atoms with E-state index in [1.54, 1.807) is 0 Å². The smallest absolute Gasteiger partial charge is 0.320 e. The number of carbonyl (C=O) groups excluding carboxylic acids is 1. The van der Waals surface area contributed by atoms with Gasteiger partial charge in [-0.15, -0.1) is 0 Å². The highest BCUT2D eigenvalue weighted by Gasteiger charge is 2.19. The lowest BCUT2D eigenvalue weighted by Gasteiger charge is -2.04. The Labute approximate surface area is 68.6 Å². The van der Waals surface area contributed by atoms with Crippen molar-refractivity contribution < 1.29 is 19.5 Å². The van der Waals surface area contributed by atoms with E-state index < -0.39 is 17.9 Å². The van der Waals surface area contributed by atoms with Gasteiger partial charge < -0.3 is 21.2 Å². The zero-order chi connectivity index (χ0) is 9.56. The highest BCUT2D eigenvalue weighted by molar-refractivity contribution is 5.80. The summed E-state index contributed by atoms with van der Waals surface area (Å²) >= 11 is 0. The zero-order valence-electron chi connectivity index (χ0n) is 6.25. The van der Waals surface area contributed by atoms with Crippen LogP contribution in [-0.4, -0.2) is 34.4 Å². The van der Waals surface area contributed by atoms with Gasteiger partial charge in [-0.05, 0) is 6.42 Å². The summed E-state index contributed by atoms with van der Waals surface area (Å²) in [6, 6.07) is -1.11. The molecule has 2 unspecified atom stereocenters. The van der Waals surface area contributed by atoms with E-state index in [9.17, 15) is 9.59 Å². The number of hydrogen-bond donors (Lipinski definition) is 2. The van der Waals surface area contributed by atoms with Crippen LogP contribution >= 0.6 is 0 Å². The first-order valence-corrected chi connectivity index (χ1v) is 3.23. The van der Waals surface area contributed by atoms with Crippen molar-refractivity contribution in [2.75, 3.05) is 0 Å². The number of nitrogens with zero attached hydrogens (tertiary/aromatic N) is 2. The predicted octanol–water partition coefficient (Wildman–Crippen LogP) is -1.10. The SMILES string of the molecule is [N-]=[N+]=CC(C=O)CC(N)C(=O)O. The van der Waals surface area contributed by atoms with Gasteiger partial charge in [0, 0.05) is 0 Å². The number of rotatable bonds is 5. The first-order valence-electron chi connectivity index (χ1n) is 3.23. The van der Waals surface area contributed by atoms with Gasteiger partial charge in [-0.2, -0.15) is 4.79 Å². The molecular weight excluding hydrogens is 162 g/mol. The first kappa shape index (κ1) is 10.5. The summed E-state index contributed by atoms with van der Waals surface area (Å²) in [5, 5.41) is 8.35. The normalized spacial score (nSPS) is 14.1. The van der Waals surface area contributed by atoms with Crippen molar-refractivity contribution in [2.45, 2.75) is 12.5 Å². The van der Waals surface area contributed by atoms with Gasteiger partial charge in [-0.25, -0.2) is 0 Å². The lowest BCUT2D eigenvalue weighted by atomic mass is 10.0. The molecule has 0 rings (SSSR count). The molecule has 6 nitrogen and oxygen atoms in total. The van der Waals surface area contributed by atoms with E-state index in [1.807, 2.05) is 0 Å².